The van der Waals surface area contributed by atoms with Crippen LogP contribution < -0.4 is 4.89 Å². The summed E-state index contributed by atoms with van der Waals surface area (Å²) in [6, 6.07) is 7.19. The fourth-order valence-corrected chi connectivity index (χ4v) is 2.87. The van der Waals surface area contributed by atoms with E-state index in [2.05, 4.69) is 9.98 Å². The second-order valence-electron chi connectivity index (χ2n) is 4.63. The lowest BCUT2D eigenvalue weighted by Crippen LogP contribution is -2.47. The number of halogens is 6. The van der Waals surface area contributed by atoms with E-state index < -0.39 is 20.0 Å². The summed E-state index contributed by atoms with van der Waals surface area (Å²) < 4.78 is -3.67. The van der Waals surface area contributed by atoms with Crippen LogP contribution in [0.15, 0.2) is 34.3 Å². The Bertz CT molecular complexity index is 669. The lowest BCUT2D eigenvalue weighted by molar-refractivity contribution is -0.255. The molecule has 0 bridgehead atoms. The van der Waals surface area contributed by atoms with Crippen LogP contribution in [-0.2, 0) is 4.89 Å². The van der Waals surface area contributed by atoms with E-state index in [1.807, 2.05) is 12.1 Å². The monoisotopic (exact) mass is 435 g/mol. The predicted molar refractivity (Wildman–Crippen MR) is 93.0 cm³/mol. The zero-order chi connectivity index (χ0) is 16.8. The molecule has 5 nitrogen and oxygen atoms in total. The Labute approximate surface area is 161 Å². The van der Waals surface area contributed by atoms with Gasteiger partial charge in [-0.3, -0.25) is 0 Å². The van der Waals surface area contributed by atoms with Gasteiger partial charge in [0.2, 0.25) is 13.8 Å². The van der Waals surface area contributed by atoms with Gasteiger partial charge in [0.1, 0.15) is 0 Å². The van der Waals surface area contributed by atoms with Gasteiger partial charge in [-0.05, 0) is 6.07 Å². The van der Waals surface area contributed by atoms with Crippen molar-refractivity contribution in [2.45, 2.75) is 20.0 Å². The molecule has 23 heavy (non-hydrogen) atoms. The van der Waals surface area contributed by atoms with Gasteiger partial charge < -0.3 is 9.79 Å². The molecule has 0 spiro atoms. The molecule has 124 valence electrons. The number of para-hydroxylation sites is 1. The summed E-state index contributed by atoms with van der Waals surface area (Å²) in [5, 5.41) is 0. The number of fused-ring (bicyclic) bond motifs is 1. The number of rotatable bonds is 1. The molecule has 0 amide bonds. The van der Waals surface area contributed by atoms with Gasteiger partial charge in [-0.15, -0.1) is 0 Å². The van der Waals surface area contributed by atoms with E-state index in [1.54, 1.807) is 12.1 Å². The first-order chi connectivity index (χ1) is 10.7. The minimum absolute atomic E-state index is 0.0951. The summed E-state index contributed by atoms with van der Waals surface area (Å²) in [6.45, 7) is 0. The van der Waals surface area contributed by atoms with E-state index in [9.17, 15) is 0 Å². The van der Waals surface area contributed by atoms with Gasteiger partial charge in [-0.25, -0.2) is 9.98 Å². The highest BCUT2D eigenvalue weighted by atomic mass is 35.6. The highest BCUT2D eigenvalue weighted by Crippen LogP contribution is 2.44. The smallest absolute Gasteiger partial charge is 0.249 e. The van der Waals surface area contributed by atoms with E-state index in [0.29, 0.717) is 5.75 Å². The fraction of sp³-hybridized carbons (Fsp3) is 0.333. The minimum Gasteiger partial charge on any atom is -0.335 e. The van der Waals surface area contributed by atoms with Crippen LogP contribution in [0, 0.1) is 0 Å². The largest absolute Gasteiger partial charge is 0.335 e. The molecule has 0 saturated heterocycles. The molecule has 0 aliphatic carbocycles. The van der Waals surface area contributed by atoms with Crippen molar-refractivity contribution >= 4 is 81.8 Å². The maximum absolute atomic E-state index is 6.02. The molecule has 2 unspecified atom stereocenters. The van der Waals surface area contributed by atoms with Gasteiger partial charge in [0.15, 0.2) is 17.8 Å². The molecule has 0 N–H and O–H groups in total. The van der Waals surface area contributed by atoms with Gasteiger partial charge in [0, 0.05) is 0 Å². The highest BCUT2D eigenvalue weighted by molar-refractivity contribution is 6.77. The first-order valence-corrected chi connectivity index (χ1v) is 8.40. The Kier molecular flexibility index (Phi) is 4.84. The van der Waals surface area contributed by atoms with E-state index in [1.165, 1.54) is 11.2 Å². The maximum Gasteiger partial charge on any atom is 0.249 e. The zero-order valence-electron chi connectivity index (χ0n) is 11.0. The Morgan fingerprint density at radius 2 is 1.74 bits per heavy atom. The third kappa shape index (κ3) is 3.61. The van der Waals surface area contributed by atoms with Crippen molar-refractivity contribution < 1.29 is 9.78 Å². The predicted octanol–water partition coefficient (Wildman–Crippen LogP) is 4.82. The summed E-state index contributed by atoms with van der Waals surface area (Å²) in [5.74, 6) is 0.451. The number of hydrogen-bond acceptors (Lipinski definition) is 5. The van der Waals surface area contributed by atoms with Crippen molar-refractivity contribution in [2.75, 3.05) is 0 Å². The fourth-order valence-electron chi connectivity index (χ4n) is 2.10. The molecular formula is C12H7Cl6N3O2. The number of hydrogen-bond donors (Lipinski definition) is 0. The summed E-state index contributed by atoms with van der Waals surface area (Å²) in [6.07, 6.45) is -0.404. The van der Waals surface area contributed by atoms with Crippen molar-refractivity contribution in [2.24, 2.45) is 9.98 Å². The first kappa shape index (κ1) is 17.7. The topological polar surface area (TPSA) is 46.4 Å². The van der Waals surface area contributed by atoms with Crippen molar-refractivity contribution in [3.63, 3.8) is 0 Å². The van der Waals surface area contributed by atoms with Gasteiger partial charge in [-0.1, -0.05) is 87.8 Å². The molecule has 1 aromatic carbocycles. The van der Waals surface area contributed by atoms with Crippen LogP contribution in [0.3, 0.4) is 0 Å². The van der Waals surface area contributed by atoms with E-state index in [4.69, 9.17) is 79.4 Å². The molecule has 1 aromatic rings. The Hall–Kier alpha value is -0.140. The summed E-state index contributed by atoms with van der Waals surface area (Å²) in [4.78, 5) is 20.1. The van der Waals surface area contributed by atoms with E-state index in [-0.39, 0.29) is 5.84 Å². The molecule has 2 heterocycles. The molecule has 2 atom stereocenters. The standard InChI is InChI=1S/C12H7Cl6N3O2/c13-11(14,15)9-19-5-21(10(20-9)12(16,17)18)8-6-3-1-2-4-7(6)22-23-8/h1-5,8,10H. The molecule has 11 heteroatoms. The van der Waals surface area contributed by atoms with Crippen molar-refractivity contribution in [1.82, 2.24) is 4.90 Å². The minimum atomic E-state index is -1.85. The third-order valence-electron chi connectivity index (χ3n) is 3.07. The molecule has 0 radical (unpaired) electrons. The van der Waals surface area contributed by atoms with Crippen LogP contribution in [0.5, 0.6) is 5.75 Å². The van der Waals surface area contributed by atoms with Crippen LogP contribution in [0.1, 0.15) is 11.8 Å². The average molecular weight is 438 g/mol. The molecule has 0 fully saturated rings. The van der Waals surface area contributed by atoms with Crippen LogP contribution >= 0.6 is 69.6 Å². The highest BCUT2D eigenvalue weighted by Gasteiger charge is 2.46. The Balaban J connectivity index is 1.97. The van der Waals surface area contributed by atoms with Crippen LogP contribution in [-0.4, -0.2) is 30.8 Å². The maximum atomic E-state index is 6.02. The molecule has 2 aliphatic heterocycles. The second kappa shape index (κ2) is 6.30. The number of aliphatic imine (C=N–C) groups is 2. The normalized spacial score (nSPS) is 24.3. The lowest BCUT2D eigenvalue weighted by Gasteiger charge is -2.36. The Morgan fingerprint density at radius 1 is 1.04 bits per heavy atom. The summed E-state index contributed by atoms with van der Waals surface area (Å²) in [7, 11) is 0. The van der Waals surface area contributed by atoms with Gasteiger partial charge in [-0.2, -0.15) is 4.89 Å². The number of nitrogens with zero attached hydrogens (tertiary/aromatic N) is 3. The van der Waals surface area contributed by atoms with Crippen molar-refractivity contribution in [3.8, 4) is 5.75 Å². The van der Waals surface area contributed by atoms with Crippen LogP contribution in [0.4, 0.5) is 0 Å². The van der Waals surface area contributed by atoms with Crippen LogP contribution in [0.25, 0.3) is 0 Å². The molecule has 2 aliphatic rings. The second-order valence-corrected chi connectivity index (χ2v) is 9.28. The number of amidine groups is 1. The summed E-state index contributed by atoms with van der Waals surface area (Å²) >= 11 is 35.5. The van der Waals surface area contributed by atoms with Gasteiger partial charge >= 0.3 is 0 Å². The quantitative estimate of drug-likeness (QED) is 0.467. The third-order valence-corrected chi connectivity index (χ3v) is 4.16. The van der Waals surface area contributed by atoms with Crippen molar-refractivity contribution in [1.29, 1.82) is 0 Å². The Morgan fingerprint density at radius 3 is 2.39 bits per heavy atom. The first-order valence-electron chi connectivity index (χ1n) is 6.13. The molecular weight excluding hydrogens is 431 g/mol. The van der Waals surface area contributed by atoms with Crippen molar-refractivity contribution in [3.05, 3.63) is 29.8 Å². The number of benzene rings is 1. The van der Waals surface area contributed by atoms with E-state index >= 15 is 0 Å². The zero-order valence-corrected chi connectivity index (χ0v) is 15.5. The molecule has 0 saturated carbocycles. The summed E-state index contributed by atoms with van der Waals surface area (Å²) in [5.41, 5.74) is 0.728. The van der Waals surface area contributed by atoms with Gasteiger partial charge in [0.25, 0.3) is 0 Å². The lowest BCUT2D eigenvalue weighted by atomic mass is 10.1. The van der Waals surface area contributed by atoms with Gasteiger partial charge in [0.05, 0.1) is 11.9 Å². The van der Waals surface area contributed by atoms with Crippen LogP contribution in [0.2, 0.25) is 0 Å². The average Bonchev–Trinajstić information content (AvgIpc) is 2.88. The molecule has 0 aromatic heterocycles. The SMILES string of the molecule is ClC(Cl)(Cl)C1=NC(C(Cl)(Cl)Cl)N(C2OOc3ccccc32)C=N1. The number of alkyl halides is 6. The van der Waals surface area contributed by atoms with E-state index in [0.717, 1.165) is 5.56 Å². The molecule has 3 rings (SSSR count).